The van der Waals surface area contributed by atoms with Crippen molar-refractivity contribution in [3.8, 4) is 5.13 Å². The van der Waals surface area contributed by atoms with E-state index in [2.05, 4.69) is 31.9 Å². The van der Waals surface area contributed by atoms with Crippen LogP contribution in [-0.2, 0) is 6.42 Å². The van der Waals surface area contributed by atoms with Crippen LogP contribution in [0.2, 0.25) is 0 Å². The molecular formula is C17H19N5OS2. The number of aromatic nitrogens is 3. The van der Waals surface area contributed by atoms with E-state index in [0.29, 0.717) is 12.2 Å². The highest BCUT2D eigenvalue weighted by Crippen LogP contribution is 2.27. The van der Waals surface area contributed by atoms with Gasteiger partial charge in [-0.1, -0.05) is 17.4 Å². The lowest BCUT2D eigenvalue weighted by molar-refractivity contribution is 0.0947. The van der Waals surface area contributed by atoms with Crippen molar-refractivity contribution in [2.45, 2.75) is 19.3 Å². The fourth-order valence-electron chi connectivity index (χ4n) is 2.92. The predicted octanol–water partition coefficient (Wildman–Crippen LogP) is 2.96. The van der Waals surface area contributed by atoms with Crippen molar-refractivity contribution in [2.24, 2.45) is 0 Å². The molecule has 0 aromatic carbocycles. The monoisotopic (exact) mass is 373 g/mol. The van der Waals surface area contributed by atoms with Crippen LogP contribution in [0.4, 0.5) is 5.13 Å². The van der Waals surface area contributed by atoms with Crippen LogP contribution in [-0.4, -0.2) is 40.3 Å². The minimum atomic E-state index is -0.0838. The van der Waals surface area contributed by atoms with E-state index in [1.165, 1.54) is 29.1 Å². The van der Waals surface area contributed by atoms with Crippen LogP contribution in [0.25, 0.3) is 5.13 Å². The fourth-order valence-corrected chi connectivity index (χ4v) is 4.52. The lowest BCUT2D eigenvalue weighted by Crippen LogP contribution is -2.27. The average molecular weight is 374 g/mol. The van der Waals surface area contributed by atoms with E-state index in [-0.39, 0.29) is 5.91 Å². The lowest BCUT2D eigenvalue weighted by Gasteiger charge is -2.11. The number of anilines is 1. The van der Waals surface area contributed by atoms with E-state index in [0.717, 1.165) is 29.8 Å². The van der Waals surface area contributed by atoms with Gasteiger partial charge in [0.15, 0.2) is 0 Å². The average Bonchev–Trinajstić information content (AvgIpc) is 3.42. The summed E-state index contributed by atoms with van der Waals surface area (Å²) in [6.07, 6.45) is 5.12. The first kappa shape index (κ1) is 16.3. The molecule has 1 fully saturated rings. The molecule has 0 aliphatic carbocycles. The van der Waals surface area contributed by atoms with Gasteiger partial charge in [-0.05, 0) is 42.8 Å². The summed E-state index contributed by atoms with van der Waals surface area (Å²) in [6.45, 7) is 2.70. The van der Waals surface area contributed by atoms with Gasteiger partial charge in [0.1, 0.15) is 5.69 Å². The number of carbonyl (C=O) groups is 1. The Morgan fingerprint density at radius 1 is 1.16 bits per heavy atom. The first-order valence-corrected chi connectivity index (χ1v) is 10.1. The topological polar surface area (TPSA) is 63.1 Å². The zero-order chi connectivity index (χ0) is 17.1. The summed E-state index contributed by atoms with van der Waals surface area (Å²) in [5.41, 5.74) is 0.593. The second-order valence-electron chi connectivity index (χ2n) is 5.91. The number of amides is 1. The van der Waals surface area contributed by atoms with Gasteiger partial charge in [-0.15, -0.1) is 21.5 Å². The Hall–Kier alpha value is -2.19. The van der Waals surface area contributed by atoms with Crippen molar-refractivity contribution in [3.05, 3.63) is 46.4 Å². The smallest absolute Gasteiger partial charge is 0.268 e. The molecule has 0 spiro atoms. The number of nitrogens with zero attached hydrogens (tertiary/aromatic N) is 4. The second kappa shape index (κ2) is 7.37. The Morgan fingerprint density at radius 2 is 2.00 bits per heavy atom. The van der Waals surface area contributed by atoms with Crippen molar-refractivity contribution in [1.29, 1.82) is 0 Å². The number of hydrogen-bond acceptors (Lipinski definition) is 6. The van der Waals surface area contributed by atoms with E-state index in [9.17, 15) is 4.79 Å². The van der Waals surface area contributed by atoms with Gasteiger partial charge in [0.25, 0.3) is 5.91 Å². The normalized spacial score (nSPS) is 14.2. The van der Waals surface area contributed by atoms with E-state index in [1.807, 2.05) is 29.0 Å². The third-order valence-electron chi connectivity index (χ3n) is 4.20. The Morgan fingerprint density at radius 3 is 2.80 bits per heavy atom. The molecule has 1 aliphatic rings. The molecule has 0 saturated carbocycles. The zero-order valence-corrected chi connectivity index (χ0v) is 15.4. The number of rotatable bonds is 6. The third kappa shape index (κ3) is 3.59. The highest BCUT2D eigenvalue weighted by molar-refractivity contribution is 7.17. The Labute approximate surface area is 154 Å². The van der Waals surface area contributed by atoms with Gasteiger partial charge in [-0.3, -0.25) is 9.36 Å². The van der Waals surface area contributed by atoms with E-state index >= 15 is 0 Å². The lowest BCUT2D eigenvalue weighted by atomic mass is 10.3. The van der Waals surface area contributed by atoms with Gasteiger partial charge in [0.05, 0.1) is 0 Å². The van der Waals surface area contributed by atoms with Gasteiger partial charge in [-0.2, -0.15) is 0 Å². The highest BCUT2D eigenvalue weighted by atomic mass is 32.1. The van der Waals surface area contributed by atoms with Crippen molar-refractivity contribution in [1.82, 2.24) is 20.1 Å². The van der Waals surface area contributed by atoms with E-state index in [1.54, 1.807) is 11.3 Å². The molecule has 130 valence electrons. The molecule has 0 atom stereocenters. The van der Waals surface area contributed by atoms with Crippen molar-refractivity contribution in [3.63, 3.8) is 0 Å². The van der Waals surface area contributed by atoms with Crippen molar-refractivity contribution < 1.29 is 4.79 Å². The van der Waals surface area contributed by atoms with Gasteiger partial charge < -0.3 is 10.2 Å². The molecule has 4 rings (SSSR count). The summed E-state index contributed by atoms with van der Waals surface area (Å²) in [5.74, 6) is -0.0838. The maximum absolute atomic E-state index is 12.5. The molecule has 0 unspecified atom stereocenters. The predicted molar refractivity (Wildman–Crippen MR) is 101 cm³/mol. The molecule has 1 aliphatic heterocycles. The SMILES string of the molecule is O=C(NCCc1cccs1)c1cccn1-c1nnc(N2CCCC2)s1. The summed E-state index contributed by atoms with van der Waals surface area (Å²) in [7, 11) is 0. The van der Waals surface area contributed by atoms with Crippen LogP contribution in [0.5, 0.6) is 0 Å². The molecule has 6 nitrogen and oxygen atoms in total. The molecule has 1 saturated heterocycles. The molecule has 3 aromatic heterocycles. The van der Waals surface area contributed by atoms with Gasteiger partial charge in [0, 0.05) is 30.7 Å². The van der Waals surface area contributed by atoms with Crippen LogP contribution in [0, 0.1) is 0 Å². The maximum Gasteiger partial charge on any atom is 0.268 e. The van der Waals surface area contributed by atoms with Crippen molar-refractivity contribution >= 4 is 33.7 Å². The van der Waals surface area contributed by atoms with Crippen molar-refractivity contribution in [2.75, 3.05) is 24.5 Å². The maximum atomic E-state index is 12.5. The quantitative estimate of drug-likeness (QED) is 0.722. The second-order valence-corrected chi connectivity index (χ2v) is 7.88. The zero-order valence-electron chi connectivity index (χ0n) is 13.7. The molecule has 0 radical (unpaired) electrons. The summed E-state index contributed by atoms with van der Waals surface area (Å²) in [5, 5.41) is 15.3. The first-order chi connectivity index (χ1) is 12.3. The van der Waals surface area contributed by atoms with Crippen LogP contribution < -0.4 is 10.2 Å². The molecule has 0 bridgehead atoms. The first-order valence-electron chi connectivity index (χ1n) is 8.38. The van der Waals surface area contributed by atoms with Gasteiger partial charge in [-0.25, -0.2) is 0 Å². The van der Waals surface area contributed by atoms with Crippen LogP contribution in [0.3, 0.4) is 0 Å². The molecule has 1 amide bonds. The summed E-state index contributed by atoms with van der Waals surface area (Å²) < 4.78 is 1.82. The van der Waals surface area contributed by atoms with Crippen LogP contribution in [0.1, 0.15) is 28.2 Å². The molecule has 4 heterocycles. The minimum Gasteiger partial charge on any atom is -0.350 e. The van der Waals surface area contributed by atoms with E-state index in [4.69, 9.17) is 0 Å². The number of nitrogens with one attached hydrogen (secondary N) is 1. The molecule has 3 aromatic rings. The molecular weight excluding hydrogens is 354 g/mol. The Kier molecular flexibility index (Phi) is 4.80. The summed E-state index contributed by atoms with van der Waals surface area (Å²) >= 11 is 3.24. The summed E-state index contributed by atoms with van der Waals surface area (Å²) in [6, 6.07) is 7.80. The van der Waals surface area contributed by atoms with E-state index < -0.39 is 0 Å². The van der Waals surface area contributed by atoms with Gasteiger partial charge >= 0.3 is 0 Å². The number of carbonyl (C=O) groups excluding carboxylic acids is 1. The summed E-state index contributed by atoms with van der Waals surface area (Å²) in [4.78, 5) is 16.0. The third-order valence-corrected chi connectivity index (χ3v) is 6.12. The molecule has 1 N–H and O–H groups in total. The standard InChI is InChI=1S/C17H19N5OS2/c23-15(18-8-7-13-5-4-12-24-13)14-6-3-11-22(14)17-20-19-16(25-17)21-9-1-2-10-21/h3-6,11-12H,1-2,7-10H2,(H,18,23). The number of thiophene rings is 1. The molecule has 25 heavy (non-hydrogen) atoms. The molecule has 8 heteroatoms. The van der Waals surface area contributed by atoms with Crippen LogP contribution in [0.15, 0.2) is 35.8 Å². The largest absolute Gasteiger partial charge is 0.350 e. The van der Waals surface area contributed by atoms with Crippen LogP contribution >= 0.6 is 22.7 Å². The fraction of sp³-hybridized carbons (Fsp3) is 0.353. The number of hydrogen-bond donors (Lipinski definition) is 1. The Bertz CT molecular complexity index is 833. The highest BCUT2D eigenvalue weighted by Gasteiger charge is 2.19. The van der Waals surface area contributed by atoms with Gasteiger partial charge in [0.2, 0.25) is 10.3 Å². The Balaban J connectivity index is 1.43. The minimum absolute atomic E-state index is 0.0838.